The zero-order valence-corrected chi connectivity index (χ0v) is 18.7. The first kappa shape index (κ1) is 21.6. The summed E-state index contributed by atoms with van der Waals surface area (Å²) in [6.07, 6.45) is 8.80. The molecule has 7 nitrogen and oxygen atoms in total. The van der Waals surface area contributed by atoms with Gasteiger partial charge in [-0.15, -0.1) is 0 Å². The fraction of sp³-hybridized carbons (Fsp3) is 0.185. The molecule has 34 heavy (non-hydrogen) atoms. The third-order valence-electron chi connectivity index (χ3n) is 5.94. The molecule has 0 spiro atoms. The standard InChI is InChI=1S/C27H25N5O2/c33-25(29-19-21-6-5-15-28-18-21)14-11-20-9-12-22(13-10-20)32-24-8-2-1-7-23(24)26(30-32)27(34)31-16-3-4-17-31/h1-2,5-15,18H,3-4,16-17,19H2,(H,29,33)/b14-11+. The maximum absolute atomic E-state index is 13.1. The number of aromatic nitrogens is 3. The van der Waals surface area contributed by atoms with Crippen LogP contribution in [0.3, 0.4) is 0 Å². The summed E-state index contributed by atoms with van der Waals surface area (Å²) in [6, 6.07) is 19.3. The molecule has 7 heteroatoms. The number of amides is 2. The van der Waals surface area contributed by atoms with Crippen LogP contribution in [0.4, 0.5) is 0 Å². The van der Waals surface area contributed by atoms with Crippen molar-refractivity contribution in [2.75, 3.05) is 13.1 Å². The maximum atomic E-state index is 13.1. The lowest BCUT2D eigenvalue weighted by Gasteiger charge is -2.13. The molecule has 0 unspecified atom stereocenters. The third kappa shape index (κ3) is 4.59. The summed E-state index contributed by atoms with van der Waals surface area (Å²) in [5.41, 5.74) is 4.08. The summed E-state index contributed by atoms with van der Waals surface area (Å²) in [6.45, 7) is 2.01. The minimum absolute atomic E-state index is 0.00991. The fourth-order valence-corrected chi connectivity index (χ4v) is 4.14. The number of nitrogens with zero attached hydrogens (tertiary/aromatic N) is 4. The molecule has 1 saturated heterocycles. The molecule has 3 heterocycles. The Morgan fingerprint density at radius 2 is 1.76 bits per heavy atom. The molecule has 2 aromatic carbocycles. The van der Waals surface area contributed by atoms with E-state index in [0.717, 1.165) is 53.6 Å². The molecule has 2 aromatic heterocycles. The van der Waals surface area contributed by atoms with Crippen LogP contribution in [0.1, 0.15) is 34.5 Å². The molecule has 0 radical (unpaired) electrons. The van der Waals surface area contributed by atoms with Crippen molar-refractivity contribution in [2.45, 2.75) is 19.4 Å². The highest BCUT2D eigenvalue weighted by atomic mass is 16.2. The molecule has 1 aliphatic heterocycles. The minimum Gasteiger partial charge on any atom is -0.348 e. The van der Waals surface area contributed by atoms with Gasteiger partial charge in [0.05, 0.1) is 11.2 Å². The van der Waals surface area contributed by atoms with Gasteiger partial charge in [0.25, 0.3) is 5.91 Å². The smallest absolute Gasteiger partial charge is 0.275 e. The lowest BCUT2D eigenvalue weighted by Crippen LogP contribution is -2.28. The Kier molecular flexibility index (Phi) is 6.16. The largest absolute Gasteiger partial charge is 0.348 e. The van der Waals surface area contributed by atoms with Gasteiger partial charge in [-0.3, -0.25) is 14.6 Å². The topological polar surface area (TPSA) is 80.1 Å². The number of rotatable bonds is 6. The second-order valence-electron chi connectivity index (χ2n) is 8.28. The van der Waals surface area contributed by atoms with Crippen LogP contribution < -0.4 is 5.32 Å². The van der Waals surface area contributed by atoms with E-state index < -0.39 is 0 Å². The molecule has 1 aliphatic rings. The quantitative estimate of drug-likeness (QED) is 0.450. The van der Waals surface area contributed by atoms with E-state index >= 15 is 0 Å². The number of para-hydroxylation sites is 1. The van der Waals surface area contributed by atoms with E-state index in [9.17, 15) is 9.59 Å². The first-order valence-corrected chi connectivity index (χ1v) is 11.4. The average molecular weight is 452 g/mol. The molecule has 4 aromatic rings. The number of hydrogen-bond donors (Lipinski definition) is 1. The number of carbonyl (C=O) groups is 2. The lowest BCUT2D eigenvalue weighted by atomic mass is 10.1. The number of likely N-dealkylation sites (tertiary alicyclic amines) is 1. The summed E-state index contributed by atoms with van der Waals surface area (Å²) >= 11 is 0. The summed E-state index contributed by atoms with van der Waals surface area (Å²) in [7, 11) is 0. The van der Waals surface area contributed by atoms with E-state index in [1.165, 1.54) is 6.08 Å². The molecule has 1 fully saturated rings. The van der Waals surface area contributed by atoms with Gasteiger partial charge in [-0.25, -0.2) is 4.68 Å². The number of nitrogens with one attached hydrogen (secondary N) is 1. The highest BCUT2D eigenvalue weighted by Gasteiger charge is 2.25. The Morgan fingerprint density at radius 1 is 0.971 bits per heavy atom. The van der Waals surface area contributed by atoms with Crippen LogP contribution in [-0.2, 0) is 11.3 Å². The van der Waals surface area contributed by atoms with Crippen LogP contribution in [0.25, 0.3) is 22.7 Å². The third-order valence-corrected chi connectivity index (χ3v) is 5.94. The molecule has 0 saturated carbocycles. The first-order valence-electron chi connectivity index (χ1n) is 11.4. The Balaban J connectivity index is 1.32. The Labute approximate surface area is 197 Å². The second kappa shape index (κ2) is 9.70. The zero-order valence-electron chi connectivity index (χ0n) is 18.7. The van der Waals surface area contributed by atoms with Gasteiger partial charge in [-0.05, 0) is 54.3 Å². The van der Waals surface area contributed by atoms with Gasteiger partial charge in [0.15, 0.2) is 5.69 Å². The van der Waals surface area contributed by atoms with E-state index in [1.807, 2.05) is 70.2 Å². The van der Waals surface area contributed by atoms with Gasteiger partial charge in [0, 0.05) is 43.5 Å². The molecular weight excluding hydrogens is 426 g/mol. The van der Waals surface area contributed by atoms with Gasteiger partial charge in [0.1, 0.15) is 0 Å². The molecule has 170 valence electrons. The molecule has 5 rings (SSSR count). The Morgan fingerprint density at radius 3 is 2.53 bits per heavy atom. The van der Waals surface area contributed by atoms with Crippen molar-refractivity contribution in [3.8, 4) is 5.69 Å². The number of hydrogen-bond acceptors (Lipinski definition) is 4. The molecule has 0 atom stereocenters. The zero-order chi connectivity index (χ0) is 23.3. The van der Waals surface area contributed by atoms with E-state index in [4.69, 9.17) is 5.10 Å². The van der Waals surface area contributed by atoms with Gasteiger partial charge < -0.3 is 10.2 Å². The van der Waals surface area contributed by atoms with Crippen LogP contribution in [-0.4, -0.2) is 44.6 Å². The van der Waals surface area contributed by atoms with E-state index in [0.29, 0.717) is 12.2 Å². The Bertz CT molecular complexity index is 1340. The Hall–Kier alpha value is -4.26. The van der Waals surface area contributed by atoms with E-state index in [1.54, 1.807) is 18.5 Å². The van der Waals surface area contributed by atoms with Gasteiger partial charge >= 0.3 is 0 Å². The molecule has 1 N–H and O–H groups in total. The number of benzene rings is 2. The molecular formula is C27H25N5O2. The second-order valence-corrected chi connectivity index (χ2v) is 8.28. The van der Waals surface area contributed by atoms with Crippen molar-refractivity contribution in [1.82, 2.24) is 25.0 Å². The van der Waals surface area contributed by atoms with Crippen molar-refractivity contribution >= 4 is 28.8 Å². The van der Waals surface area contributed by atoms with Crippen LogP contribution in [0, 0.1) is 0 Å². The monoisotopic (exact) mass is 451 g/mol. The average Bonchev–Trinajstić information content (AvgIpc) is 3.56. The van der Waals surface area contributed by atoms with Crippen LogP contribution in [0.5, 0.6) is 0 Å². The lowest BCUT2D eigenvalue weighted by molar-refractivity contribution is -0.116. The van der Waals surface area contributed by atoms with Crippen molar-refractivity contribution in [1.29, 1.82) is 0 Å². The number of carbonyl (C=O) groups excluding carboxylic acids is 2. The van der Waals surface area contributed by atoms with Crippen molar-refractivity contribution in [2.24, 2.45) is 0 Å². The van der Waals surface area contributed by atoms with E-state index in [2.05, 4.69) is 10.3 Å². The maximum Gasteiger partial charge on any atom is 0.275 e. The van der Waals surface area contributed by atoms with Gasteiger partial charge in [-0.2, -0.15) is 5.10 Å². The van der Waals surface area contributed by atoms with Crippen molar-refractivity contribution in [3.63, 3.8) is 0 Å². The van der Waals surface area contributed by atoms with Crippen molar-refractivity contribution in [3.05, 3.63) is 96.0 Å². The fourth-order valence-electron chi connectivity index (χ4n) is 4.14. The summed E-state index contributed by atoms with van der Waals surface area (Å²) in [4.78, 5) is 31.1. The molecule has 0 bridgehead atoms. The number of pyridine rings is 1. The highest BCUT2D eigenvalue weighted by molar-refractivity contribution is 6.05. The number of fused-ring (bicyclic) bond motifs is 1. The van der Waals surface area contributed by atoms with E-state index in [-0.39, 0.29) is 11.8 Å². The summed E-state index contributed by atoms with van der Waals surface area (Å²) in [5, 5.41) is 8.40. The molecule has 2 amide bonds. The predicted octanol–water partition coefficient (Wildman–Crippen LogP) is 3.99. The van der Waals surface area contributed by atoms with Crippen molar-refractivity contribution < 1.29 is 9.59 Å². The highest BCUT2D eigenvalue weighted by Crippen LogP contribution is 2.24. The summed E-state index contributed by atoms with van der Waals surface area (Å²) < 4.78 is 1.81. The van der Waals surface area contributed by atoms with Crippen LogP contribution >= 0.6 is 0 Å². The van der Waals surface area contributed by atoms with Crippen LogP contribution in [0.15, 0.2) is 79.1 Å². The first-order chi connectivity index (χ1) is 16.7. The molecule has 0 aliphatic carbocycles. The van der Waals surface area contributed by atoms with Gasteiger partial charge in [0.2, 0.25) is 5.91 Å². The van der Waals surface area contributed by atoms with Crippen LogP contribution in [0.2, 0.25) is 0 Å². The normalized spacial score (nSPS) is 13.6. The summed E-state index contributed by atoms with van der Waals surface area (Å²) in [5.74, 6) is -0.180. The predicted molar refractivity (Wildman–Crippen MR) is 131 cm³/mol. The SMILES string of the molecule is O=C(/C=C/c1ccc(-n2nc(C(=O)N3CCCC3)c3ccccc32)cc1)NCc1cccnc1. The minimum atomic E-state index is -0.170. The van der Waals surface area contributed by atoms with Gasteiger partial charge in [-0.1, -0.05) is 36.4 Å².